The number of nitro benzene ring substituents is 1. The summed E-state index contributed by atoms with van der Waals surface area (Å²) in [5.41, 5.74) is -0.602. The Morgan fingerprint density at radius 3 is 2.54 bits per heavy atom. The molecule has 0 fully saturated rings. The van der Waals surface area contributed by atoms with Crippen LogP contribution in [0.2, 0.25) is 5.02 Å². The third-order valence-electron chi connectivity index (χ3n) is 1.58. The normalized spacial score (nSPS) is 10.2. The van der Waals surface area contributed by atoms with Crippen molar-refractivity contribution in [1.82, 2.24) is 0 Å². The zero-order valence-electron chi connectivity index (χ0n) is 6.47. The molecule has 1 aromatic carbocycles. The van der Waals surface area contributed by atoms with Gasteiger partial charge in [-0.15, -0.1) is 0 Å². The lowest BCUT2D eigenvalue weighted by molar-refractivity contribution is -0.385. The molecule has 0 N–H and O–H groups in total. The lowest BCUT2D eigenvalue weighted by Crippen LogP contribution is -1.97. The highest BCUT2D eigenvalue weighted by Crippen LogP contribution is 2.29. The van der Waals surface area contributed by atoms with Crippen LogP contribution >= 0.6 is 11.6 Å². The second kappa shape index (κ2) is 3.26. The zero-order valence-corrected chi connectivity index (χ0v) is 7.23. The fourth-order valence-corrected chi connectivity index (χ4v) is 1.05. The Balaban J connectivity index is 3.50. The number of nitrogens with zero attached hydrogens (tertiary/aromatic N) is 1. The third-order valence-corrected chi connectivity index (χ3v) is 2.03. The summed E-state index contributed by atoms with van der Waals surface area (Å²) in [4.78, 5) is 9.48. The molecule has 0 aliphatic rings. The predicted octanol–water partition coefficient (Wildman–Crippen LogP) is 2.83. The summed E-state index contributed by atoms with van der Waals surface area (Å²) in [7, 11) is 0. The largest absolute Gasteiger partial charge is 0.276 e. The van der Waals surface area contributed by atoms with E-state index in [1.54, 1.807) is 0 Å². The van der Waals surface area contributed by atoms with Gasteiger partial charge in [-0.1, -0.05) is 11.6 Å². The van der Waals surface area contributed by atoms with Gasteiger partial charge < -0.3 is 0 Å². The Kier molecular flexibility index (Phi) is 2.47. The maximum Gasteiger partial charge on any atom is 0.276 e. The van der Waals surface area contributed by atoms with Gasteiger partial charge in [0.2, 0.25) is 0 Å². The highest BCUT2D eigenvalue weighted by molar-refractivity contribution is 6.31. The van der Waals surface area contributed by atoms with E-state index in [4.69, 9.17) is 11.6 Å². The van der Waals surface area contributed by atoms with Crippen LogP contribution in [-0.4, -0.2) is 4.92 Å². The molecule has 0 bridgehead atoms. The summed E-state index contributed by atoms with van der Waals surface area (Å²) in [6, 6.07) is 0.510. The van der Waals surface area contributed by atoms with Gasteiger partial charge in [0, 0.05) is 5.56 Å². The quantitative estimate of drug-likeness (QED) is 0.404. The SMILES string of the molecule is Cc1c([N+](=O)[O-])cc(F)c(F)c1Cl. The van der Waals surface area contributed by atoms with Crippen molar-refractivity contribution in [2.75, 3.05) is 0 Å². The van der Waals surface area contributed by atoms with Crippen LogP contribution in [0.15, 0.2) is 6.07 Å². The molecule has 0 amide bonds. The Bertz CT molecular complexity index is 381. The molecule has 0 heterocycles. The first kappa shape index (κ1) is 9.85. The Morgan fingerprint density at radius 1 is 1.54 bits per heavy atom. The van der Waals surface area contributed by atoms with Gasteiger partial charge >= 0.3 is 0 Å². The topological polar surface area (TPSA) is 43.1 Å². The highest BCUT2D eigenvalue weighted by atomic mass is 35.5. The van der Waals surface area contributed by atoms with Gasteiger partial charge in [-0.05, 0) is 6.92 Å². The first-order valence-electron chi connectivity index (χ1n) is 3.23. The second-order valence-electron chi connectivity index (χ2n) is 2.39. The van der Waals surface area contributed by atoms with E-state index in [-0.39, 0.29) is 5.56 Å². The Labute approximate surface area is 77.1 Å². The molecule has 3 nitrogen and oxygen atoms in total. The molecule has 0 aliphatic heterocycles. The molecule has 0 unspecified atom stereocenters. The molecule has 70 valence electrons. The van der Waals surface area contributed by atoms with Crippen molar-refractivity contribution >= 4 is 17.3 Å². The van der Waals surface area contributed by atoms with Crippen molar-refractivity contribution in [2.24, 2.45) is 0 Å². The smallest absolute Gasteiger partial charge is 0.258 e. The van der Waals surface area contributed by atoms with E-state index in [2.05, 4.69) is 0 Å². The van der Waals surface area contributed by atoms with E-state index in [0.717, 1.165) is 0 Å². The molecule has 6 heteroatoms. The number of halogens is 3. The van der Waals surface area contributed by atoms with Crippen LogP contribution in [0.5, 0.6) is 0 Å². The molecule has 0 spiro atoms. The van der Waals surface area contributed by atoms with E-state index < -0.39 is 27.3 Å². The van der Waals surface area contributed by atoms with E-state index in [0.29, 0.717) is 6.07 Å². The molecule has 0 aliphatic carbocycles. The predicted molar refractivity (Wildman–Crippen MR) is 42.8 cm³/mol. The van der Waals surface area contributed by atoms with Crippen LogP contribution < -0.4 is 0 Å². The zero-order chi connectivity index (χ0) is 10.2. The summed E-state index contributed by atoms with van der Waals surface area (Å²) in [6.07, 6.45) is 0. The van der Waals surface area contributed by atoms with Crippen LogP contribution in [-0.2, 0) is 0 Å². The van der Waals surface area contributed by atoms with Crippen LogP contribution in [0.4, 0.5) is 14.5 Å². The first-order valence-corrected chi connectivity index (χ1v) is 3.61. The van der Waals surface area contributed by atoms with Crippen molar-refractivity contribution in [1.29, 1.82) is 0 Å². The molecule has 0 aromatic heterocycles. The molecule has 0 atom stereocenters. The van der Waals surface area contributed by atoms with Crippen molar-refractivity contribution in [3.05, 3.63) is 38.4 Å². The molecule has 1 rings (SSSR count). The Hall–Kier alpha value is -1.23. The van der Waals surface area contributed by atoms with Gasteiger partial charge in [-0.3, -0.25) is 10.1 Å². The summed E-state index contributed by atoms with van der Waals surface area (Å²) >= 11 is 5.31. The van der Waals surface area contributed by atoms with Crippen molar-refractivity contribution < 1.29 is 13.7 Å². The van der Waals surface area contributed by atoms with Crippen molar-refractivity contribution in [3.63, 3.8) is 0 Å². The lowest BCUT2D eigenvalue weighted by Gasteiger charge is -2.01. The number of hydrogen-bond donors (Lipinski definition) is 0. The maximum absolute atomic E-state index is 12.7. The number of rotatable bonds is 1. The fraction of sp³-hybridized carbons (Fsp3) is 0.143. The van der Waals surface area contributed by atoms with Crippen LogP contribution in [0.25, 0.3) is 0 Å². The van der Waals surface area contributed by atoms with Crippen LogP contribution in [0, 0.1) is 28.7 Å². The molecule has 1 aromatic rings. The van der Waals surface area contributed by atoms with Crippen molar-refractivity contribution in [2.45, 2.75) is 6.92 Å². The lowest BCUT2D eigenvalue weighted by atomic mass is 10.2. The summed E-state index contributed by atoms with van der Waals surface area (Å²) in [5.74, 6) is -2.58. The van der Waals surface area contributed by atoms with E-state index in [1.807, 2.05) is 0 Å². The minimum absolute atomic E-state index is 0.0782. The summed E-state index contributed by atoms with van der Waals surface area (Å²) in [5, 5.41) is 9.75. The van der Waals surface area contributed by atoms with Gasteiger partial charge in [0.25, 0.3) is 5.69 Å². The van der Waals surface area contributed by atoms with Crippen LogP contribution in [0.3, 0.4) is 0 Å². The van der Waals surface area contributed by atoms with E-state index in [1.165, 1.54) is 6.92 Å². The van der Waals surface area contributed by atoms with E-state index in [9.17, 15) is 18.9 Å². The minimum Gasteiger partial charge on any atom is -0.258 e. The molecular formula is C7H4ClF2NO2. The average molecular weight is 208 g/mol. The number of hydrogen-bond acceptors (Lipinski definition) is 2. The van der Waals surface area contributed by atoms with Gasteiger partial charge in [0.1, 0.15) is 0 Å². The fourth-order valence-electron chi connectivity index (χ4n) is 0.863. The van der Waals surface area contributed by atoms with Gasteiger partial charge in [-0.25, -0.2) is 8.78 Å². The van der Waals surface area contributed by atoms with Gasteiger partial charge in [-0.2, -0.15) is 0 Å². The van der Waals surface area contributed by atoms with Crippen LogP contribution in [0.1, 0.15) is 5.56 Å². The second-order valence-corrected chi connectivity index (χ2v) is 2.77. The summed E-state index contributed by atoms with van der Waals surface area (Å²) in [6.45, 7) is 1.25. The highest BCUT2D eigenvalue weighted by Gasteiger charge is 2.20. The first-order chi connectivity index (χ1) is 5.95. The average Bonchev–Trinajstić information content (AvgIpc) is 2.07. The molecule has 0 saturated heterocycles. The third kappa shape index (κ3) is 1.60. The Morgan fingerprint density at radius 2 is 2.08 bits per heavy atom. The summed E-state index contributed by atoms with van der Waals surface area (Å²) < 4.78 is 25.3. The minimum atomic E-state index is -1.32. The number of benzene rings is 1. The molecule has 0 saturated carbocycles. The molecule has 13 heavy (non-hydrogen) atoms. The van der Waals surface area contributed by atoms with Gasteiger partial charge in [0.15, 0.2) is 11.6 Å². The number of nitro groups is 1. The monoisotopic (exact) mass is 207 g/mol. The van der Waals surface area contributed by atoms with Gasteiger partial charge in [0.05, 0.1) is 16.0 Å². The standard InChI is InChI=1S/C7H4ClF2NO2/c1-3-5(11(12)13)2-4(9)7(10)6(3)8/h2H,1H3. The molecular weight excluding hydrogens is 204 g/mol. The molecule has 0 radical (unpaired) electrons. The van der Waals surface area contributed by atoms with Crippen molar-refractivity contribution in [3.8, 4) is 0 Å². The maximum atomic E-state index is 12.7. The van der Waals surface area contributed by atoms with E-state index >= 15 is 0 Å².